The molecule has 1 aliphatic carbocycles. The fourth-order valence-electron chi connectivity index (χ4n) is 6.05. The summed E-state index contributed by atoms with van der Waals surface area (Å²) < 4.78 is 6.42. The first-order valence-electron chi connectivity index (χ1n) is 15.0. The number of amides is 1. The fourth-order valence-corrected chi connectivity index (χ4v) is 6.99. The van der Waals surface area contributed by atoms with Gasteiger partial charge in [0.05, 0.1) is 24.7 Å². The molecule has 218 valence electrons. The maximum atomic E-state index is 14.5. The monoisotopic (exact) mass is 580 g/mol. The van der Waals surface area contributed by atoms with Gasteiger partial charge in [-0.15, -0.1) is 0 Å². The lowest BCUT2D eigenvalue weighted by Gasteiger charge is -2.32. The Kier molecular flexibility index (Phi) is 8.29. The number of nitrogens with zero attached hydrogens (tertiary/aromatic N) is 4. The highest BCUT2D eigenvalue weighted by Gasteiger charge is 2.33. The predicted octanol–water partition coefficient (Wildman–Crippen LogP) is 7.17. The summed E-state index contributed by atoms with van der Waals surface area (Å²) >= 11 is 1.68. The average molecular weight is 581 g/mol. The molecule has 0 N–H and O–H groups in total. The normalized spacial score (nSPS) is 17.5. The molecule has 0 saturated heterocycles. The molecule has 1 unspecified atom stereocenters. The number of rotatable bonds is 9. The SMILES string of the molecule is CC(C)c1ccc(N(Cc2ccc(N(C)C)cc2)C(=O)C2CCCc3c(OCC4=CSC5=NCCN45)cccc32)cc1. The zero-order valence-corrected chi connectivity index (χ0v) is 25.9. The van der Waals surface area contributed by atoms with Crippen LogP contribution in [0.1, 0.15) is 60.8 Å². The number of benzene rings is 3. The number of thioether (sulfide) groups is 1. The molecule has 0 bridgehead atoms. The minimum absolute atomic E-state index is 0.148. The van der Waals surface area contributed by atoms with Crippen molar-refractivity contribution < 1.29 is 9.53 Å². The van der Waals surface area contributed by atoms with Crippen molar-refractivity contribution in [1.29, 1.82) is 0 Å². The van der Waals surface area contributed by atoms with Crippen molar-refractivity contribution >= 4 is 34.2 Å². The van der Waals surface area contributed by atoms with Crippen molar-refractivity contribution in [3.63, 3.8) is 0 Å². The number of carbonyl (C=O) groups is 1. The zero-order chi connectivity index (χ0) is 29.2. The van der Waals surface area contributed by atoms with E-state index >= 15 is 0 Å². The van der Waals surface area contributed by atoms with Gasteiger partial charge in [-0.05, 0) is 77.8 Å². The summed E-state index contributed by atoms with van der Waals surface area (Å²) in [7, 11) is 4.09. The summed E-state index contributed by atoms with van der Waals surface area (Å²) in [6, 6.07) is 23.3. The van der Waals surface area contributed by atoms with E-state index in [-0.39, 0.29) is 11.8 Å². The van der Waals surface area contributed by atoms with Crippen LogP contribution in [0.2, 0.25) is 0 Å². The average Bonchev–Trinajstić information content (AvgIpc) is 3.63. The minimum Gasteiger partial charge on any atom is -0.487 e. The number of aliphatic imine (C=N–C) groups is 1. The lowest BCUT2D eigenvalue weighted by molar-refractivity contribution is -0.120. The third-order valence-electron chi connectivity index (χ3n) is 8.52. The number of hydrogen-bond acceptors (Lipinski definition) is 6. The van der Waals surface area contributed by atoms with Crippen molar-refractivity contribution in [2.75, 3.05) is 43.6 Å². The molecule has 3 aliphatic rings. The lowest BCUT2D eigenvalue weighted by Crippen LogP contribution is -2.36. The van der Waals surface area contributed by atoms with E-state index in [1.165, 1.54) is 11.1 Å². The Morgan fingerprint density at radius 1 is 1.05 bits per heavy atom. The zero-order valence-electron chi connectivity index (χ0n) is 25.0. The van der Waals surface area contributed by atoms with Crippen LogP contribution in [0.15, 0.2) is 82.8 Å². The number of fused-ring (bicyclic) bond motifs is 2. The molecule has 3 aromatic carbocycles. The predicted molar refractivity (Wildman–Crippen MR) is 175 cm³/mol. The van der Waals surface area contributed by atoms with Crippen molar-refractivity contribution in [2.45, 2.75) is 51.5 Å². The van der Waals surface area contributed by atoms with Crippen LogP contribution >= 0.6 is 11.8 Å². The third kappa shape index (κ3) is 5.80. The van der Waals surface area contributed by atoms with Gasteiger partial charge in [0.25, 0.3) is 0 Å². The highest BCUT2D eigenvalue weighted by molar-refractivity contribution is 8.16. The molecule has 0 spiro atoms. The summed E-state index contributed by atoms with van der Waals surface area (Å²) in [6.45, 7) is 7.21. The summed E-state index contributed by atoms with van der Waals surface area (Å²) in [6.07, 6.45) is 2.72. The number of ether oxygens (including phenoxy) is 1. The number of anilines is 2. The largest absolute Gasteiger partial charge is 0.487 e. The molecule has 2 heterocycles. The first-order valence-corrected chi connectivity index (χ1v) is 15.9. The van der Waals surface area contributed by atoms with Gasteiger partial charge >= 0.3 is 0 Å². The molecule has 6 nitrogen and oxygen atoms in total. The van der Waals surface area contributed by atoms with E-state index in [0.717, 1.165) is 71.5 Å². The van der Waals surface area contributed by atoms with E-state index in [1.54, 1.807) is 11.8 Å². The highest BCUT2D eigenvalue weighted by Crippen LogP contribution is 2.39. The van der Waals surface area contributed by atoms with Crippen LogP contribution in [-0.4, -0.2) is 49.8 Å². The van der Waals surface area contributed by atoms with E-state index < -0.39 is 0 Å². The van der Waals surface area contributed by atoms with Crippen LogP contribution in [0.5, 0.6) is 5.75 Å². The minimum atomic E-state index is -0.207. The fraction of sp³-hybridized carbons (Fsp3) is 0.371. The highest BCUT2D eigenvalue weighted by atomic mass is 32.2. The number of carbonyl (C=O) groups excluding carboxylic acids is 1. The molecule has 2 aliphatic heterocycles. The molecular formula is C35H40N4O2S. The van der Waals surface area contributed by atoms with Gasteiger partial charge in [-0.3, -0.25) is 9.79 Å². The Morgan fingerprint density at radius 2 is 1.81 bits per heavy atom. The van der Waals surface area contributed by atoms with Crippen LogP contribution in [-0.2, 0) is 17.8 Å². The van der Waals surface area contributed by atoms with Crippen molar-refractivity contribution in [3.05, 3.63) is 100 Å². The van der Waals surface area contributed by atoms with E-state index in [4.69, 9.17) is 4.74 Å². The maximum absolute atomic E-state index is 14.5. The Bertz CT molecular complexity index is 1490. The molecular weight excluding hydrogens is 540 g/mol. The van der Waals surface area contributed by atoms with Crippen LogP contribution in [0.4, 0.5) is 11.4 Å². The smallest absolute Gasteiger partial charge is 0.234 e. The third-order valence-corrected chi connectivity index (χ3v) is 9.47. The molecule has 0 saturated carbocycles. The molecule has 1 amide bonds. The van der Waals surface area contributed by atoms with Gasteiger partial charge in [0.1, 0.15) is 12.4 Å². The summed E-state index contributed by atoms with van der Waals surface area (Å²) in [5.41, 5.74) is 7.91. The number of amidine groups is 1. The van der Waals surface area contributed by atoms with Crippen LogP contribution < -0.4 is 14.5 Å². The molecule has 0 fully saturated rings. The topological polar surface area (TPSA) is 48.4 Å². The Morgan fingerprint density at radius 3 is 2.55 bits per heavy atom. The van der Waals surface area contributed by atoms with E-state index in [1.807, 2.05) is 25.1 Å². The van der Waals surface area contributed by atoms with E-state index in [9.17, 15) is 4.79 Å². The van der Waals surface area contributed by atoms with Gasteiger partial charge in [-0.2, -0.15) is 0 Å². The molecule has 0 aromatic heterocycles. The lowest BCUT2D eigenvalue weighted by atomic mass is 9.81. The van der Waals surface area contributed by atoms with Gasteiger partial charge in [-0.1, -0.05) is 62.0 Å². The summed E-state index contributed by atoms with van der Waals surface area (Å²) in [5, 5.41) is 3.22. The molecule has 42 heavy (non-hydrogen) atoms. The number of hydrogen-bond donors (Lipinski definition) is 0. The summed E-state index contributed by atoms with van der Waals surface area (Å²) in [4.78, 5) is 25.4. The van der Waals surface area contributed by atoms with Gasteiger partial charge in [0.2, 0.25) is 5.91 Å². The van der Waals surface area contributed by atoms with Gasteiger partial charge in [0.15, 0.2) is 5.17 Å². The Hall–Kier alpha value is -3.71. The maximum Gasteiger partial charge on any atom is 0.234 e. The van der Waals surface area contributed by atoms with Crippen LogP contribution in [0.3, 0.4) is 0 Å². The Balaban J connectivity index is 1.27. The van der Waals surface area contributed by atoms with Crippen molar-refractivity contribution in [1.82, 2.24) is 4.90 Å². The molecule has 6 rings (SSSR count). The van der Waals surface area contributed by atoms with Gasteiger partial charge < -0.3 is 19.4 Å². The van der Waals surface area contributed by atoms with Gasteiger partial charge in [-0.25, -0.2) is 0 Å². The summed E-state index contributed by atoms with van der Waals surface area (Å²) in [5.74, 6) is 1.28. The first-order chi connectivity index (χ1) is 20.4. The molecule has 7 heteroatoms. The standard InChI is InChI=1S/C35H40N4O2S/c1-24(2)26-13-17-28(18-14-26)39(21-25-11-15-27(16-12-25)37(3)4)34(40)32-9-5-8-31-30(32)7-6-10-33(31)41-22-29-23-42-35-36-19-20-38(29)35/h6-7,10-18,23-24,32H,5,8-9,19-22H2,1-4H3. The first kappa shape index (κ1) is 28.4. The van der Waals surface area contributed by atoms with Gasteiger partial charge in [0, 0.05) is 37.4 Å². The van der Waals surface area contributed by atoms with Crippen molar-refractivity contribution in [3.8, 4) is 5.75 Å². The van der Waals surface area contributed by atoms with E-state index in [0.29, 0.717) is 19.1 Å². The second kappa shape index (κ2) is 12.3. The second-order valence-corrected chi connectivity index (χ2v) is 12.7. The quantitative estimate of drug-likeness (QED) is 0.269. The van der Waals surface area contributed by atoms with E-state index in [2.05, 4.69) is 94.7 Å². The molecule has 3 aromatic rings. The molecule has 1 atom stereocenters. The molecule has 0 radical (unpaired) electrons. The van der Waals surface area contributed by atoms with Crippen molar-refractivity contribution in [2.24, 2.45) is 4.99 Å². The second-order valence-electron chi connectivity index (χ2n) is 11.8. The van der Waals surface area contributed by atoms with Crippen LogP contribution in [0.25, 0.3) is 0 Å². The Labute approximate surface area is 254 Å². The van der Waals surface area contributed by atoms with Crippen LogP contribution in [0, 0.1) is 0 Å².